The Morgan fingerprint density at radius 2 is 1.72 bits per heavy atom. The minimum Gasteiger partial charge on any atom is -0.399 e. The number of rotatable bonds is 7. The van der Waals surface area contributed by atoms with E-state index in [4.69, 9.17) is 5.73 Å². The van der Waals surface area contributed by atoms with E-state index >= 15 is 0 Å². The lowest BCUT2D eigenvalue weighted by Crippen LogP contribution is -2.19. The number of aryl methyl sites for hydroxylation is 1. The lowest BCUT2D eigenvalue weighted by atomic mass is 10.1. The second kappa shape index (κ2) is 7.26. The summed E-state index contributed by atoms with van der Waals surface area (Å²) in [5.41, 5.74) is 7.65. The van der Waals surface area contributed by atoms with E-state index in [0.717, 1.165) is 24.1 Å². The van der Waals surface area contributed by atoms with Crippen molar-refractivity contribution in [3.8, 4) is 0 Å². The number of nitrogens with one attached hydrogen (secondary N) is 1. The third-order valence-corrected chi connectivity index (χ3v) is 2.67. The first-order valence-corrected chi connectivity index (χ1v) is 6.10. The van der Waals surface area contributed by atoms with Crippen LogP contribution in [0.4, 0.5) is 18.9 Å². The summed E-state index contributed by atoms with van der Waals surface area (Å²) >= 11 is 0. The Labute approximate surface area is 105 Å². The topological polar surface area (TPSA) is 38.0 Å². The number of para-hydroxylation sites is 1. The first kappa shape index (κ1) is 14.8. The first-order valence-electron chi connectivity index (χ1n) is 6.10. The summed E-state index contributed by atoms with van der Waals surface area (Å²) < 4.78 is 35.6. The molecular formula is C13H19F3N2. The molecule has 0 unspecified atom stereocenters. The van der Waals surface area contributed by atoms with E-state index in [0.29, 0.717) is 13.1 Å². The van der Waals surface area contributed by atoms with Gasteiger partial charge in [0, 0.05) is 12.1 Å². The van der Waals surface area contributed by atoms with Crippen LogP contribution in [-0.4, -0.2) is 19.3 Å². The third-order valence-electron chi connectivity index (χ3n) is 2.67. The van der Waals surface area contributed by atoms with Crippen molar-refractivity contribution in [3.05, 3.63) is 29.8 Å². The molecule has 0 aliphatic rings. The van der Waals surface area contributed by atoms with Crippen LogP contribution in [0.5, 0.6) is 0 Å². The molecule has 0 heterocycles. The average Bonchev–Trinajstić information content (AvgIpc) is 2.28. The molecule has 0 atom stereocenters. The molecule has 1 aromatic carbocycles. The summed E-state index contributed by atoms with van der Waals surface area (Å²) in [6, 6.07) is 7.64. The summed E-state index contributed by atoms with van der Waals surface area (Å²) in [6.07, 6.45) is -2.90. The zero-order chi connectivity index (χ0) is 13.4. The van der Waals surface area contributed by atoms with Crippen LogP contribution < -0.4 is 11.1 Å². The fourth-order valence-corrected chi connectivity index (χ4v) is 1.70. The van der Waals surface area contributed by atoms with E-state index in [1.165, 1.54) is 0 Å². The molecule has 1 rings (SSSR count). The highest BCUT2D eigenvalue weighted by Gasteiger charge is 2.25. The lowest BCUT2D eigenvalue weighted by molar-refractivity contribution is -0.135. The number of hydrogen-bond donors (Lipinski definition) is 2. The molecule has 0 amide bonds. The van der Waals surface area contributed by atoms with Gasteiger partial charge < -0.3 is 11.1 Å². The van der Waals surface area contributed by atoms with Gasteiger partial charge in [-0.25, -0.2) is 0 Å². The van der Waals surface area contributed by atoms with Gasteiger partial charge in [0.2, 0.25) is 0 Å². The number of anilines is 1. The minimum atomic E-state index is -4.04. The molecule has 0 radical (unpaired) electrons. The van der Waals surface area contributed by atoms with Crippen LogP contribution in [0, 0.1) is 0 Å². The second-order valence-electron chi connectivity index (χ2n) is 4.27. The van der Waals surface area contributed by atoms with Crippen molar-refractivity contribution in [1.82, 2.24) is 5.32 Å². The molecule has 5 heteroatoms. The lowest BCUT2D eigenvalue weighted by Gasteiger charge is -2.08. The molecule has 0 fully saturated rings. The maximum atomic E-state index is 11.9. The summed E-state index contributed by atoms with van der Waals surface area (Å²) in [5.74, 6) is 0. The molecule has 3 N–H and O–H groups in total. The van der Waals surface area contributed by atoms with Crippen molar-refractivity contribution >= 4 is 5.69 Å². The Hall–Kier alpha value is -1.23. The fraction of sp³-hybridized carbons (Fsp3) is 0.538. The van der Waals surface area contributed by atoms with E-state index in [9.17, 15) is 13.2 Å². The quantitative estimate of drug-likeness (QED) is 0.584. The third kappa shape index (κ3) is 6.49. The Morgan fingerprint density at radius 1 is 1.06 bits per heavy atom. The van der Waals surface area contributed by atoms with E-state index in [1.54, 1.807) is 0 Å². The van der Waals surface area contributed by atoms with Crippen LogP contribution in [0.25, 0.3) is 0 Å². The van der Waals surface area contributed by atoms with Crippen LogP contribution in [-0.2, 0) is 6.42 Å². The Bertz CT molecular complexity index is 350. The smallest absolute Gasteiger partial charge is 0.389 e. The highest BCUT2D eigenvalue weighted by molar-refractivity contribution is 5.46. The van der Waals surface area contributed by atoms with Gasteiger partial charge in [0.25, 0.3) is 0 Å². The van der Waals surface area contributed by atoms with Gasteiger partial charge in [-0.3, -0.25) is 0 Å². The summed E-state index contributed by atoms with van der Waals surface area (Å²) in [4.78, 5) is 0. The van der Waals surface area contributed by atoms with Crippen molar-refractivity contribution in [3.63, 3.8) is 0 Å². The second-order valence-corrected chi connectivity index (χ2v) is 4.27. The molecule has 1 aromatic rings. The summed E-state index contributed by atoms with van der Waals surface area (Å²) in [7, 11) is 0. The molecule has 2 nitrogen and oxygen atoms in total. The molecule has 0 aromatic heterocycles. The zero-order valence-corrected chi connectivity index (χ0v) is 10.3. The monoisotopic (exact) mass is 260 g/mol. The molecule has 0 saturated carbocycles. The van der Waals surface area contributed by atoms with Crippen molar-refractivity contribution in [2.24, 2.45) is 0 Å². The predicted molar refractivity (Wildman–Crippen MR) is 67.3 cm³/mol. The molecule has 18 heavy (non-hydrogen) atoms. The minimum absolute atomic E-state index is 0.136. The fourth-order valence-electron chi connectivity index (χ4n) is 1.70. The molecule has 102 valence electrons. The van der Waals surface area contributed by atoms with Crippen molar-refractivity contribution in [2.75, 3.05) is 18.8 Å². The van der Waals surface area contributed by atoms with Gasteiger partial charge in [0.15, 0.2) is 0 Å². The van der Waals surface area contributed by atoms with Gasteiger partial charge in [-0.05, 0) is 44.0 Å². The molecular weight excluding hydrogens is 241 g/mol. The van der Waals surface area contributed by atoms with Crippen molar-refractivity contribution < 1.29 is 13.2 Å². The van der Waals surface area contributed by atoms with E-state index in [1.807, 2.05) is 24.3 Å². The highest BCUT2D eigenvalue weighted by atomic mass is 19.4. The normalized spacial score (nSPS) is 11.7. The Balaban J connectivity index is 2.04. The molecule has 0 aliphatic carbocycles. The van der Waals surface area contributed by atoms with Gasteiger partial charge in [-0.2, -0.15) is 13.2 Å². The van der Waals surface area contributed by atoms with Crippen LogP contribution in [0.15, 0.2) is 24.3 Å². The summed E-state index contributed by atoms with van der Waals surface area (Å²) in [5, 5.41) is 3.01. The van der Waals surface area contributed by atoms with E-state index in [-0.39, 0.29) is 6.42 Å². The summed E-state index contributed by atoms with van der Waals surface area (Å²) in [6.45, 7) is 1.12. The van der Waals surface area contributed by atoms with Crippen LogP contribution in [0.2, 0.25) is 0 Å². The van der Waals surface area contributed by atoms with Crippen molar-refractivity contribution in [2.45, 2.75) is 31.9 Å². The standard InChI is InChI=1S/C13H19F3N2/c14-13(15,16)8-4-10-18-9-3-6-11-5-1-2-7-12(11)17/h1-2,5,7,18H,3-4,6,8-10,17H2. The van der Waals surface area contributed by atoms with E-state index < -0.39 is 12.6 Å². The van der Waals surface area contributed by atoms with Crippen LogP contribution in [0.1, 0.15) is 24.8 Å². The number of alkyl halides is 3. The average molecular weight is 260 g/mol. The number of nitrogen functional groups attached to an aromatic ring is 1. The van der Waals surface area contributed by atoms with Crippen molar-refractivity contribution in [1.29, 1.82) is 0 Å². The largest absolute Gasteiger partial charge is 0.399 e. The number of halogens is 3. The van der Waals surface area contributed by atoms with Gasteiger partial charge in [-0.1, -0.05) is 18.2 Å². The number of nitrogens with two attached hydrogens (primary N) is 1. The molecule has 0 bridgehead atoms. The Kier molecular flexibility index (Phi) is 5.98. The first-order chi connectivity index (χ1) is 8.49. The molecule has 0 spiro atoms. The predicted octanol–water partition coefficient (Wildman–Crippen LogP) is 3.13. The molecule has 0 aliphatic heterocycles. The van der Waals surface area contributed by atoms with Crippen LogP contribution in [0.3, 0.4) is 0 Å². The maximum Gasteiger partial charge on any atom is 0.389 e. The zero-order valence-electron chi connectivity index (χ0n) is 10.3. The van der Waals surface area contributed by atoms with Gasteiger partial charge >= 0.3 is 6.18 Å². The van der Waals surface area contributed by atoms with Gasteiger partial charge in [0.05, 0.1) is 0 Å². The maximum absolute atomic E-state index is 11.9. The highest BCUT2D eigenvalue weighted by Crippen LogP contribution is 2.20. The Morgan fingerprint density at radius 3 is 2.39 bits per heavy atom. The van der Waals surface area contributed by atoms with Crippen LogP contribution >= 0.6 is 0 Å². The molecule has 0 saturated heterocycles. The van der Waals surface area contributed by atoms with E-state index in [2.05, 4.69) is 5.32 Å². The van der Waals surface area contributed by atoms with Gasteiger partial charge in [0.1, 0.15) is 0 Å². The SMILES string of the molecule is Nc1ccccc1CCCNCCCC(F)(F)F. The van der Waals surface area contributed by atoms with Gasteiger partial charge in [-0.15, -0.1) is 0 Å². The number of benzene rings is 1. The number of hydrogen-bond acceptors (Lipinski definition) is 2.